The van der Waals surface area contributed by atoms with Gasteiger partial charge in [0.25, 0.3) is 0 Å². The Morgan fingerprint density at radius 3 is 2.59 bits per heavy atom. The van der Waals surface area contributed by atoms with Gasteiger partial charge in [-0.15, -0.1) is 0 Å². The molecule has 0 saturated carbocycles. The van der Waals surface area contributed by atoms with Gasteiger partial charge in [-0.05, 0) is 25.1 Å². The predicted octanol–water partition coefficient (Wildman–Crippen LogP) is 2.42. The molecule has 3 N–H and O–H groups in total. The van der Waals surface area contributed by atoms with Crippen molar-refractivity contribution in [2.45, 2.75) is 13.0 Å². The summed E-state index contributed by atoms with van der Waals surface area (Å²) in [4.78, 5) is 0. The molecule has 0 amide bonds. The molecule has 1 atom stereocenters. The Hall–Kier alpha value is -1.72. The van der Waals surface area contributed by atoms with Gasteiger partial charge in [-0.3, -0.25) is 5.84 Å². The summed E-state index contributed by atoms with van der Waals surface area (Å²) in [6.07, 6.45) is 0. The number of hydrogen-bond donors (Lipinski definition) is 2. The van der Waals surface area contributed by atoms with Crippen LogP contribution >= 0.6 is 0 Å². The van der Waals surface area contributed by atoms with Crippen LogP contribution in [0.5, 0.6) is 0 Å². The maximum atomic E-state index is 13.6. The van der Waals surface area contributed by atoms with Crippen molar-refractivity contribution >= 4 is 0 Å². The monoisotopic (exact) mass is 238 g/mol. The zero-order chi connectivity index (χ0) is 12.4. The highest BCUT2D eigenvalue weighted by atomic mass is 19.2. The van der Waals surface area contributed by atoms with E-state index in [1.54, 1.807) is 19.1 Å². The van der Waals surface area contributed by atoms with Crippen molar-refractivity contribution in [2.75, 3.05) is 0 Å². The van der Waals surface area contributed by atoms with E-state index < -0.39 is 17.7 Å². The number of aryl methyl sites for hydroxylation is 1. The molecule has 0 fully saturated rings. The highest BCUT2D eigenvalue weighted by Gasteiger charge is 2.21. The van der Waals surface area contributed by atoms with E-state index in [4.69, 9.17) is 10.3 Å². The minimum absolute atomic E-state index is 0.113. The van der Waals surface area contributed by atoms with Gasteiger partial charge >= 0.3 is 0 Å². The van der Waals surface area contributed by atoms with Crippen LogP contribution in [0.15, 0.2) is 34.7 Å². The Morgan fingerprint density at radius 2 is 2.00 bits per heavy atom. The molecule has 2 aromatic rings. The molecular weight excluding hydrogens is 226 g/mol. The second-order valence-electron chi connectivity index (χ2n) is 3.69. The van der Waals surface area contributed by atoms with E-state index in [9.17, 15) is 8.78 Å². The third-order valence-corrected chi connectivity index (χ3v) is 2.50. The van der Waals surface area contributed by atoms with E-state index in [-0.39, 0.29) is 5.56 Å². The Balaban J connectivity index is 2.45. The van der Waals surface area contributed by atoms with Crippen molar-refractivity contribution in [1.29, 1.82) is 0 Å². The molecule has 1 aromatic heterocycles. The third-order valence-electron chi connectivity index (χ3n) is 2.50. The molecule has 90 valence electrons. The molecule has 0 aliphatic rings. The van der Waals surface area contributed by atoms with E-state index in [1.807, 2.05) is 0 Å². The number of benzene rings is 1. The minimum Gasteiger partial charge on any atom is -0.464 e. The molecule has 0 spiro atoms. The summed E-state index contributed by atoms with van der Waals surface area (Å²) in [6.45, 7) is 1.76. The fourth-order valence-electron chi connectivity index (χ4n) is 1.68. The fourth-order valence-corrected chi connectivity index (χ4v) is 1.68. The first-order chi connectivity index (χ1) is 8.13. The summed E-state index contributed by atoms with van der Waals surface area (Å²) in [5.41, 5.74) is 2.53. The van der Waals surface area contributed by atoms with E-state index in [2.05, 4.69) is 5.43 Å². The molecule has 3 nitrogen and oxygen atoms in total. The Kier molecular flexibility index (Phi) is 3.21. The molecule has 5 heteroatoms. The van der Waals surface area contributed by atoms with E-state index in [0.717, 1.165) is 6.07 Å². The number of furan rings is 1. The van der Waals surface area contributed by atoms with Crippen LogP contribution in [0.4, 0.5) is 8.78 Å². The predicted molar refractivity (Wildman–Crippen MR) is 59.0 cm³/mol. The number of nitrogens with one attached hydrogen (secondary N) is 1. The third kappa shape index (κ3) is 2.20. The maximum Gasteiger partial charge on any atom is 0.164 e. The number of rotatable bonds is 3. The standard InChI is InChI=1S/C12H12F2N2O/c1-7-5-6-10(17-7)12(16-15)8-3-2-4-9(13)11(8)14/h2-6,12,16H,15H2,1H3. The van der Waals surface area contributed by atoms with Gasteiger partial charge in [-0.1, -0.05) is 12.1 Å². The first-order valence-corrected chi connectivity index (χ1v) is 5.10. The van der Waals surface area contributed by atoms with Crippen molar-refractivity contribution in [3.8, 4) is 0 Å². The number of hydrazine groups is 1. The molecule has 0 saturated heterocycles. The lowest BCUT2D eigenvalue weighted by molar-refractivity contribution is 0.418. The van der Waals surface area contributed by atoms with Gasteiger partial charge < -0.3 is 4.42 Å². The molecule has 1 aromatic carbocycles. The number of halogens is 2. The van der Waals surface area contributed by atoms with Gasteiger partial charge in [-0.25, -0.2) is 14.2 Å². The summed E-state index contributed by atoms with van der Waals surface area (Å²) in [5.74, 6) is 4.65. The SMILES string of the molecule is Cc1ccc(C(NN)c2cccc(F)c2F)o1. The molecule has 2 rings (SSSR count). The van der Waals surface area contributed by atoms with E-state index >= 15 is 0 Å². The highest BCUT2D eigenvalue weighted by Crippen LogP contribution is 2.26. The first kappa shape index (κ1) is 11.8. The molecule has 0 aliphatic carbocycles. The molecular formula is C12H12F2N2O. The summed E-state index contributed by atoms with van der Waals surface area (Å²) >= 11 is 0. The van der Waals surface area contributed by atoms with Crippen LogP contribution < -0.4 is 11.3 Å². The lowest BCUT2D eigenvalue weighted by atomic mass is 10.0. The minimum atomic E-state index is -0.926. The lowest BCUT2D eigenvalue weighted by Gasteiger charge is -2.14. The average molecular weight is 238 g/mol. The summed E-state index contributed by atoms with van der Waals surface area (Å²) in [7, 11) is 0. The largest absolute Gasteiger partial charge is 0.464 e. The van der Waals surface area contributed by atoms with E-state index in [1.165, 1.54) is 12.1 Å². The van der Waals surface area contributed by atoms with Gasteiger partial charge in [0, 0.05) is 5.56 Å². The Labute approximate surface area is 97.2 Å². The van der Waals surface area contributed by atoms with Crippen molar-refractivity contribution in [3.63, 3.8) is 0 Å². The first-order valence-electron chi connectivity index (χ1n) is 5.10. The molecule has 17 heavy (non-hydrogen) atoms. The molecule has 1 heterocycles. The van der Waals surface area contributed by atoms with Crippen molar-refractivity contribution in [1.82, 2.24) is 5.43 Å². The van der Waals surface area contributed by atoms with Crippen molar-refractivity contribution in [3.05, 3.63) is 59.1 Å². The number of hydrogen-bond acceptors (Lipinski definition) is 3. The zero-order valence-corrected chi connectivity index (χ0v) is 9.21. The summed E-state index contributed by atoms with van der Waals surface area (Å²) < 4.78 is 32.1. The van der Waals surface area contributed by atoms with Gasteiger partial charge in [0.1, 0.15) is 17.6 Å². The molecule has 1 unspecified atom stereocenters. The quantitative estimate of drug-likeness (QED) is 0.637. The zero-order valence-electron chi connectivity index (χ0n) is 9.21. The van der Waals surface area contributed by atoms with Crippen LogP contribution in [-0.2, 0) is 0 Å². The Bertz CT molecular complexity index is 525. The average Bonchev–Trinajstić information content (AvgIpc) is 2.72. The van der Waals surface area contributed by atoms with Gasteiger partial charge in [0.05, 0.1) is 0 Å². The van der Waals surface area contributed by atoms with Gasteiger partial charge in [0.15, 0.2) is 11.6 Å². The maximum absolute atomic E-state index is 13.6. The molecule has 0 radical (unpaired) electrons. The molecule has 0 bridgehead atoms. The summed E-state index contributed by atoms with van der Waals surface area (Å²) in [5, 5.41) is 0. The molecule has 0 aliphatic heterocycles. The van der Waals surface area contributed by atoms with Crippen LogP contribution in [-0.4, -0.2) is 0 Å². The van der Waals surface area contributed by atoms with Crippen LogP contribution in [0, 0.1) is 18.6 Å². The fraction of sp³-hybridized carbons (Fsp3) is 0.167. The lowest BCUT2D eigenvalue weighted by Crippen LogP contribution is -2.29. The van der Waals surface area contributed by atoms with Crippen LogP contribution in [0.3, 0.4) is 0 Å². The topological polar surface area (TPSA) is 51.2 Å². The summed E-state index contributed by atoms with van der Waals surface area (Å²) in [6, 6.07) is 6.63. The van der Waals surface area contributed by atoms with Gasteiger partial charge in [-0.2, -0.15) is 0 Å². The van der Waals surface area contributed by atoms with Crippen molar-refractivity contribution < 1.29 is 13.2 Å². The van der Waals surface area contributed by atoms with E-state index in [0.29, 0.717) is 11.5 Å². The number of nitrogens with two attached hydrogens (primary N) is 1. The van der Waals surface area contributed by atoms with Crippen LogP contribution in [0.1, 0.15) is 23.1 Å². The van der Waals surface area contributed by atoms with Crippen LogP contribution in [0.2, 0.25) is 0 Å². The van der Waals surface area contributed by atoms with Gasteiger partial charge in [0.2, 0.25) is 0 Å². The smallest absolute Gasteiger partial charge is 0.164 e. The normalized spacial score (nSPS) is 12.7. The van der Waals surface area contributed by atoms with Crippen molar-refractivity contribution in [2.24, 2.45) is 5.84 Å². The van der Waals surface area contributed by atoms with Crippen LogP contribution in [0.25, 0.3) is 0 Å². The second kappa shape index (κ2) is 4.65. The Morgan fingerprint density at radius 1 is 1.24 bits per heavy atom. The highest BCUT2D eigenvalue weighted by molar-refractivity contribution is 5.29. The second-order valence-corrected chi connectivity index (χ2v) is 3.69.